The summed E-state index contributed by atoms with van der Waals surface area (Å²) >= 11 is 0. The molecule has 0 bridgehead atoms. The maximum absolute atomic E-state index is 3.38. The molecule has 0 radical (unpaired) electrons. The normalized spacial score (nSPS) is 9.57. The van der Waals surface area contributed by atoms with Gasteiger partial charge in [0.15, 0.2) is 0 Å². The Labute approximate surface area is 166 Å². The van der Waals surface area contributed by atoms with Gasteiger partial charge in [0.2, 0.25) is 0 Å². The van der Waals surface area contributed by atoms with Gasteiger partial charge < -0.3 is 0 Å². The third kappa shape index (κ3) is 4.21. The van der Waals surface area contributed by atoms with E-state index in [0.29, 0.717) is 0 Å². The van der Waals surface area contributed by atoms with Crippen molar-refractivity contribution >= 4 is 0 Å². The van der Waals surface area contributed by atoms with Crippen molar-refractivity contribution in [2.24, 2.45) is 0 Å². The van der Waals surface area contributed by atoms with Crippen LogP contribution in [0, 0.1) is 23.7 Å². The number of hydrogen-bond acceptors (Lipinski definition) is 0. The second-order valence-electron chi connectivity index (χ2n) is 6.33. The highest BCUT2D eigenvalue weighted by molar-refractivity contribution is 5.75. The summed E-state index contributed by atoms with van der Waals surface area (Å²) in [6, 6.07) is 36.6. The third-order valence-corrected chi connectivity index (χ3v) is 4.37. The maximum atomic E-state index is 3.38. The monoisotopic (exact) mass is 354 g/mol. The molecular formula is C28H18. The van der Waals surface area contributed by atoms with Gasteiger partial charge >= 0.3 is 0 Å². The Balaban J connectivity index is 1.85. The summed E-state index contributed by atoms with van der Waals surface area (Å²) in [4.78, 5) is 0. The minimum atomic E-state index is 0.939. The molecule has 4 aromatic rings. The summed E-state index contributed by atoms with van der Waals surface area (Å²) in [7, 11) is 0. The van der Waals surface area contributed by atoms with E-state index in [4.69, 9.17) is 0 Å². The maximum Gasteiger partial charge on any atom is 0.0484 e. The molecule has 0 atom stereocenters. The summed E-state index contributed by atoms with van der Waals surface area (Å²) in [5.41, 5.74) is 6.13. The lowest BCUT2D eigenvalue weighted by Crippen LogP contribution is -1.90. The van der Waals surface area contributed by atoms with Gasteiger partial charge in [0.25, 0.3) is 0 Å². The zero-order chi connectivity index (χ0) is 19.0. The predicted molar refractivity (Wildman–Crippen MR) is 117 cm³/mol. The van der Waals surface area contributed by atoms with Crippen molar-refractivity contribution in [2.45, 2.75) is 0 Å². The smallest absolute Gasteiger partial charge is 0.0484 e. The molecule has 0 nitrogen and oxygen atoms in total. The highest BCUT2D eigenvalue weighted by Crippen LogP contribution is 2.25. The van der Waals surface area contributed by atoms with Crippen LogP contribution >= 0.6 is 0 Å². The fourth-order valence-corrected chi connectivity index (χ4v) is 2.97. The topological polar surface area (TPSA) is 0 Å². The van der Waals surface area contributed by atoms with E-state index in [-0.39, 0.29) is 0 Å². The van der Waals surface area contributed by atoms with Crippen molar-refractivity contribution in [3.63, 3.8) is 0 Å². The molecule has 0 aliphatic rings. The highest BCUT2D eigenvalue weighted by atomic mass is 14.1. The van der Waals surface area contributed by atoms with Gasteiger partial charge in [-0.15, -0.1) is 0 Å². The van der Waals surface area contributed by atoms with Crippen molar-refractivity contribution in [1.82, 2.24) is 0 Å². The van der Waals surface area contributed by atoms with Crippen LogP contribution in [0.3, 0.4) is 0 Å². The molecule has 130 valence electrons. The quantitative estimate of drug-likeness (QED) is 0.359. The molecule has 0 N–H and O–H groups in total. The van der Waals surface area contributed by atoms with Crippen LogP contribution < -0.4 is 0 Å². The number of rotatable bonds is 1. The van der Waals surface area contributed by atoms with Crippen LogP contribution in [-0.2, 0) is 0 Å². The molecule has 0 aliphatic heterocycles. The molecule has 0 aromatic heterocycles. The molecule has 4 aromatic carbocycles. The van der Waals surface area contributed by atoms with Crippen LogP contribution in [0.5, 0.6) is 0 Å². The Hall–Kier alpha value is -4.00. The SMILES string of the molecule is C(#Cc1cccc(-c2ccccc2)c1C#Cc1ccccc1)c1ccccc1. The first-order chi connectivity index (χ1) is 13.9. The molecular weight excluding hydrogens is 336 g/mol. The summed E-state index contributed by atoms with van der Waals surface area (Å²) in [6.07, 6.45) is 0. The lowest BCUT2D eigenvalue weighted by atomic mass is 9.95. The van der Waals surface area contributed by atoms with Crippen LogP contribution in [0.15, 0.2) is 109 Å². The predicted octanol–water partition coefficient (Wildman–Crippen LogP) is 6.15. The molecule has 0 spiro atoms. The molecule has 0 heterocycles. The first-order valence-electron chi connectivity index (χ1n) is 9.23. The van der Waals surface area contributed by atoms with Crippen LogP contribution in [0.1, 0.15) is 22.3 Å². The minimum Gasteiger partial charge on any atom is -0.0622 e. The molecule has 0 heteroatoms. The molecule has 0 saturated carbocycles. The number of hydrogen-bond donors (Lipinski definition) is 0. The zero-order valence-corrected chi connectivity index (χ0v) is 15.4. The lowest BCUT2D eigenvalue weighted by molar-refractivity contribution is 1.54. The van der Waals surface area contributed by atoms with Gasteiger partial charge in [-0.25, -0.2) is 0 Å². The Morgan fingerprint density at radius 1 is 0.393 bits per heavy atom. The summed E-state index contributed by atoms with van der Waals surface area (Å²) in [5, 5.41) is 0. The largest absolute Gasteiger partial charge is 0.0622 e. The zero-order valence-electron chi connectivity index (χ0n) is 15.4. The van der Waals surface area contributed by atoms with Crippen molar-refractivity contribution in [3.8, 4) is 34.8 Å². The summed E-state index contributed by atoms with van der Waals surface area (Å²) < 4.78 is 0. The van der Waals surface area contributed by atoms with Gasteiger partial charge in [-0.2, -0.15) is 0 Å². The van der Waals surface area contributed by atoms with E-state index >= 15 is 0 Å². The molecule has 0 unspecified atom stereocenters. The minimum absolute atomic E-state index is 0.939. The van der Waals surface area contributed by atoms with Crippen molar-refractivity contribution in [2.75, 3.05) is 0 Å². The molecule has 4 rings (SSSR count). The second-order valence-corrected chi connectivity index (χ2v) is 6.33. The fraction of sp³-hybridized carbons (Fsp3) is 0. The van der Waals surface area contributed by atoms with Crippen molar-refractivity contribution < 1.29 is 0 Å². The van der Waals surface area contributed by atoms with Gasteiger partial charge in [0, 0.05) is 22.3 Å². The van der Waals surface area contributed by atoms with E-state index in [1.807, 2.05) is 91.0 Å². The van der Waals surface area contributed by atoms with Gasteiger partial charge in [-0.1, -0.05) is 103 Å². The average Bonchev–Trinajstić information content (AvgIpc) is 2.78. The highest BCUT2D eigenvalue weighted by Gasteiger charge is 2.07. The standard InChI is InChI=1S/C28H18/c1-4-11-23(12-5-1)19-21-26-17-10-18-27(25-15-8-3-9-16-25)28(26)22-20-24-13-6-2-7-14-24/h1-18H. The van der Waals surface area contributed by atoms with Gasteiger partial charge in [0.1, 0.15) is 0 Å². The fourth-order valence-electron chi connectivity index (χ4n) is 2.97. The molecule has 0 amide bonds. The van der Waals surface area contributed by atoms with Crippen LogP contribution in [-0.4, -0.2) is 0 Å². The van der Waals surface area contributed by atoms with E-state index in [9.17, 15) is 0 Å². The molecule has 0 fully saturated rings. The average molecular weight is 354 g/mol. The Morgan fingerprint density at radius 2 is 0.929 bits per heavy atom. The van der Waals surface area contributed by atoms with E-state index in [1.54, 1.807) is 0 Å². The van der Waals surface area contributed by atoms with E-state index in [0.717, 1.165) is 33.4 Å². The Bertz CT molecular complexity index is 1180. The van der Waals surface area contributed by atoms with Gasteiger partial charge in [-0.05, 0) is 41.5 Å². The molecule has 28 heavy (non-hydrogen) atoms. The van der Waals surface area contributed by atoms with Crippen molar-refractivity contribution in [3.05, 3.63) is 131 Å². The third-order valence-electron chi connectivity index (χ3n) is 4.37. The first-order valence-corrected chi connectivity index (χ1v) is 9.23. The van der Waals surface area contributed by atoms with Crippen molar-refractivity contribution in [1.29, 1.82) is 0 Å². The second kappa shape index (κ2) is 8.59. The molecule has 0 aliphatic carbocycles. The number of benzene rings is 4. The molecule has 0 saturated heterocycles. The summed E-state index contributed by atoms with van der Waals surface area (Å²) in [6.45, 7) is 0. The van der Waals surface area contributed by atoms with E-state index in [1.165, 1.54) is 0 Å². The Morgan fingerprint density at radius 3 is 1.54 bits per heavy atom. The lowest BCUT2D eigenvalue weighted by Gasteiger charge is -2.07. The van der Waals surface area contributed by atoms with Gasteiger partial charge in [0.05, 0.1) is 0 Å². The van der Waals surface area contributed by atoms with Crippen LogP contribution in [0.2, 0.25) is 0 Å². The van der Waals surface area contributed by atoms with Crippen LogP contribution in [0.4, 0.5) is 0 Å². The van der Waals surface area contributed by atoms with Crippen LogP contribution in [0.25, 0.3) is 11.1 Å². The van der Waals surface area contributed by atoms with E-state index < -0.39 is 0 Å². The van der Waals surface area contributed by atoms with E-state index in [2.05, 4.69) is 41.9 Å². The van der Waals surface area contributed by atoms with Gasteiger partial charge in [-0.3, -0.25) is 0 Å². The summed E-state index contributed by atoms with van der Waals surface area (Å²) in [5.74, 6) is 13.3. The first kappa shape index (κ1) is 17.4. The Kier molecular flexibility index (Phi) is 5.34.